The van der Waals surface area contributed by atoms with Crippen molar-refractivity contribution in [2.45, 2.75) is 26.8 Å². The fourth-order valence-electron chi connectivity index (χ4n) is 3.26. The van der Waals surface area contributed by atoms with E-state index in [0.29, 0.717) is 0 Å². The molecule has 138 valence electrons. The molecule has 0 fully saturated rings. The molecule has 0 unspecified atom stereocenters. The number of aryl methyl sites for hydroxylation is 3. The predicted molar refractivity (Wildman–Crippen MR) is 109 cm³/mol. The summed E-state index contributed by atoms with van der Waals surface area (Å²) in [7, 11) is 0. The number of carbonyl (C=O) groups excluding carboxylic acids is 1. The number of rotatable bonds is 6. The highest BCUT2D eigenvalue weighted by molar-refractivity contribution is 5.78. The van der Waals surface area contributed by atoms with E-state index in [4.69, 9.17) is 4.74 Å². The summed E-state index contributed by atoms with van der Waals surface area (Å²) >= 11 is 0. The largest absolute Gasteiger partial charge is 0.484 e. The zero-order valence-electron chi connectivity index (χ0n) is 16.0. The number of amides is 1. The first-order valence-corrected chi connectivity index (χ1v) is 9.14. The predicted octanol–water partition coefficient (Wildman–Crippen LogP) is 4.90. The highest BCUT2D eigenvalue weighted by Gasteiger charge is 2.18. The molecule has 0 saturated heterocycles. The second-order valence-electron chi connectivity index (χ2n) is 6.88. The van der Waals surface area contributed by atoms with Gasteiger partial charge in [0.15, 0.2) is 6.61 Å². The van der Waals surface area contributed by atoms with Crippen LogP contribution in [0.25, 0.3) is 0 Å². The van der Waals surface area contributed by atoms with Crippen LogP contribution in [0.1, 0.15) is 33.9 Å². The first-order valence-electron chi connectivity index (χ1n) is 9.14. The van der Waals surface area contributed by atoms with Crippen molar-refractivity contribution in [1.82, 2.24) is 5.32 Å². The molecule has 0 radical (unpaired) electrons. The fraction of sp³-hybridized carbons (Fsp3) is 0.208. The summed E-state index contributed by atoms with van der Waals surface area (Å²) < 4.78 is 5.72. The first kappa shape index (κ1) is 18.7. The van der Waals surface area contributed by atoms with E-state index in [1.165, 1.54) is 0 Å². The van der Waals surface area contributed by atoms with Crippen LogP contribution in [0.5, 0.6) is 5.75 Å². The maximum absolute atomic E-state index is 12.6. The maximum Gasteiger partial charge on any atom is 0.258 e. The minimum atomic E-state index is -0.206. The number of ether oxygens (including phenoxy) is 1. The van der Waals surface area contributed by atoms with Crippen LogP contribution in [0.4, 0.5) is 0 Å². The molecular weight excluding hydrogens is 334 g/mol. The standard InChI is InChI=1S/C24H25NO2/c1-17-13-18(2)15-21(14-17)27-16-23(26)25-24(20-10-5-4-6-11-20)22-12-8-7-9-19(22)3/h4-15,24H,16H2,1-3H3,(H,25,26)/t24-/m1/s1. The molecule has 0 aliphatic heterocycles. The van der Waals surface area contributed by atoms with Gasteiger partial charge < -0.3 is 10.1 Å². The molecule has 1 N–H and O–H groups in total. The van der Waals surface area contributed by atoms with Gasteiger partial charge >= 0.3 is 0 Å². The Morgan fingerprint density at radius 3 is 2.19 bits per heavy atom. The highest BCUT2D eigenvalue weighted by Crippen LogP contribution is 2.25. The molecule has 0 aromatic heterocycles. The second kappa shape index (κ2) is 8.54. The lowest BCUT2D eigenvalue weighted by atomic mass is 9.95. The van der Waals surface area contributed by atoms with Crippen molar-refractivity contribution in [2.24, 2.45) is 0 Å². The van der Waals surface area contributed by atoms with E-state index in [2.05, 4.69) is 30.4 Å². The Hall–Kier alpha value is -3.07. The number of carbonyl (C=O) groups is 1. The Labute approximate surface area is 161 Å². The molecule has 3 rings (SSSR count). The molecule has 3 aromatic carbocycles. The zero-order chi connectivity index (χ0) is 19.2. The van der Waals surface area contributed by atoms with Gasteiger partial charge in [0.25, 0.3) is 5.91 Å². The van der Waals surface area contributed by atoms with E-state index >= 15 is 0 Å². The molecule has 3 aromatic rings. The van der Waals surface area contributed by atoms with E-state index in [1.54, 1.807) is 0 Å². The van der Waals surface area contributed by atoms with Gasteiger partial charge in [-0.2, -0.15) is 0 Å². The van der Waals surface area contributed by atoms with Gasteiger partial charge in [0, 0.05) is 0 Å². The van der Waals surface area contributed by atoms with Crippen LogP contribution in [0, 0.1) is 20.8 Å². The van der Waals surface area contributed by atoms with Gasteiger partial charge in [-0.05, 0) is 60.7 Å². The Morgan fingerprint density at radius 2 is 1.52 bits per heavy atom. The quantitative estimate of drug-likeness (QED) is 0.680. The Morgan fingerprint density at radius 1 is 0.889 bits per heavy atom. The van der Waals surface area contributed by atoms with Crippen molar-refractivity contribution >= 4 is 5.91 Å². The van der Waals surface area contributed by atoms with Gasteiger partial charge in [-0.15, -0.1) is 0 Å². The monoisotopic (exact) mass is 359 g/mol. The molecule has 0 spiro atoms. The van der Waals surface area contributed by atoms with Gasteiger partial charge in [0.2, 0.25) is 0 Å². The van der Waals surface area contributed by atoms with Gasteiger partial charge in [-0.3, -0.25) is 4.79 Å². The third-order valence-corrected chi connectivity index (χ3v) is 4.50. The summed E-state index contributed by atoms with van der Waals surface area (Å²) in [4.78, 5) is 12.6. The zero-order valence-corrected chi connectivity index (χ0v) is 16.0. The van der Waals surface area contributed by atoms with Crippen molar-refractivity contribution in [3.63, 3.8) is 0 Å². The molecule has 3 heteroatoms. The average Bonchev–Trinajstić information content (AvgIpc) is 2.65. The number of hydrogen-bond donors (Lipinski definition) is 1. The molecule has 27 heavy (non-hydrogen) atoms. The molecule has 0 aliphatic carbocycles. The lowest BCUT2D eigenvalue weighted by Gasteiger charge is -2.22. The summed E-state index contributed by atoms with van der Waals surface area (Å²) in [6.07, 6.45) is 0. The Kier molecular flexibility index (Phi) is 5.92. The van der Waals surface area contributed by atoms with Gasteiger partial charge in [-0.1, -0.05) is 60.7 Å². The molecule has 0 aliphatic rings. The molecular formula is C24H25NO2. The van der Waals surface area contributed by atoms with Crippen LogP contribution >= 0.6 is 0 Å². The number of hydrogen-bond acceptors (Lipinski definition) is 2. The first-order chi connectivity index (χ1) is 13.0. The van der Waals surface area contributed by atoms with Crippen molar-refractivity contribution in [3.05, 3.63) is 101 Å². The molecule has 0 saturated carbocycles. The van der Waals surface area contributed by atoms with E-state index < -0.39 is 0 Å². The molecule has 0 heterocycles. The Balaban J connectivity index is 1.76. The van der Waals surface area contributed by atoms with Crippen molar-refractivity contribution in [3.8, 4) is 5.75 Å². The Bertz CT molecular complexity index is 898. The van der Waals surface area contributed by atoms with Crippen LogP contribution in [-0.4, -0.2) is 12.5 Å². The van der Waals surface area contributed by atoms with Crippen LogP contribution in [0.3, 0.4) is 0 Å². The van der Waals surface area contributed by atoms with Gasteiger partial charge in [0.1, 0.15) is 5.75 Å². The SMILES string of the molecule is Cc1cc(C)cc(OCC(=O)N[C@H](c2ccccc2)c2ccccc2C)c1. The van der Waals surface area contributed by atoms with E-state index in [0.717, 1.165) is 33.6 Å². The maximum atomic E-state index is 12.6. The van der Waals surface area contributed by atoms with Crippen LogP contribution in [0.15, 0.2) is 72.8 Å². The number of nitrogens with one attached hydrogen (secondary N) is 1. The fourth-order valence-corrected chi connectivity index (χ4v) is 3.26. The van der Waals surface area contributed by atoms with E-state index in [-0.39, 0.29) is 18.6 Å². The molecule has 0 bridgehead atoms. The van der Waals surface area contributed by atoms with Crippen LogP contribution in [-0.2, 0) is 4.79 Å². The minimum absolute atomic E-state index is 0.0158. The van der Waals surface area contributed by atoms with Crippen molar-refractivity contribution < 1.29 is 9.53 Å². The average molecular weight is 359 g/mol. The molecule has 1 atom stereocenters. The van der Waals surface area contributed by atoms with Crippen molar-refractivity contribution in [1.29, 1.82) is 0 Å². The minimum Gasteiger partial charge on any atom is -0.484 e. The topological polar surface area (TPSA) is 38.3 Å². The molecule has 3 nitrogen and oxygen atoms in total. The van der Waals surface area contributed by atoms with Gasteiger partial charge in [0.05, 0.1) is 6.04 Å². The van der Waals surface area contributed by atoms with Crippen molar-refractivity contribution in [2.75, 3.05) is 6.61 Å². The summed E-state index contributed by atoms with van der Waals surface area (Å²) in [6.45, 7) is 6.08. The van der Waals surface area contributed by atoms with Crippen LogP contribution < -0.4 is 10.1 Å². The second-order valence-corrected chi connectivity index (χ2v) is 6.88. The lowest BCUT2D eigenvalue weighted by Crippen LogP contribution is -2.33. The van der Waals surface area contributed by atoms with Crippen LogP contribution in [0.2, 0.25) is 0 Å². The van der Waals surface area contributed by atoms with Gasteiger partial charge in [-0.25, -0.2) is 0 Å². The summed E-state index contributed by atoms with van der Waals surface area (Å²) in [5.74, 6) is 0.570. The normalized spacial score (nSPS) is 11.7. The third-order valence-electron chi connectivity index (χ3n) is 4.50. The summed E-state index contributed by atoms with van der Waals surface area (Å²) in [6, 6.07) is 23.9. The van der Waals surface area contributed by atoms with E-state index in [9.17, 15) is 4.79 Å². The lowest BCUT2D eigenvalue weighted by molar-refractivity contribution is -0.123. The highest BCUT2D eigenvalue weighted by atomic mass is 16.5. The molecule has 1 amide bonds. The number of benzene rings is 3. The smallest absolute Gasteiger partial charge is 0.258 e. The third kappa shape index (κ3) is 4.98. The van der Waals surface area contributed by atoms with E-state index in [1.807, 2.05) is 68.4 Å². The summed E-state index contributed by atoms with van der Waals surface area (Å²) in [5.41, 5.74) is 5.51. The summed E-state index contributed by atoms with van der Waals surface area (Å²) in [5, 5.41) is 3.13.